The van der Waals surface area contributed by atoms with Crippen molar-refractivity contribution in [1.29, 1.82) is 0 Å². The normalized spacial score (nSPS) is 15.6. The second-order valence-corrected chi connectivity index (χ2v) is 36.7. The second kappa shape index (κ2) is 33.4. The van der Waals surface area contributed by atoms with Gasteiger partial charge in [0.05, 0.1) is 82.8 Å². The van der Waals surface area contributed by atoms with Gasteiger partial charge in [0.2, 0.25) is 11.8 Å². The molecule has 3 aromatic rings. The average molecular weight is 1300 g/mol. The number of nitrogen functional groups attached to an aromatic ring is 1. The number of amides is 6. The summed E-state index contributed by atoms with van der Waals surface area (Å²) in [6.45, 7) is 34.5. The van der Waals surface area contributed by atoms with Crippen molar-refractivity contribution in [3.8, 4) is 23.0 Å². The molecule has 0 unspecified atom stereocenters. The van der Waals surface area contributed by atoms with E-state index in [0.717, 1.165) is 11.1 Å². The average Bonchev–Trinajstić information content (AvgIpc) is 1.80. The van der Waals surface area contributed by atoms with Gasteiger partial charge >= 0.3 is 12.2 Å². The minimum Gasteiger partial charge on any atom is -0.493 e. The number of unbranched alkanes of at least 4 members (excludes halogenated alkanes) is 2. The van der Waals surface area contributed by atoms with Gasteiger partial charge in [0.1, 0.15) is 19.3 Å². The van der Waals surface area contributed by atoms with Crippen LogP contribution in [0.15, 0.2) is 72.1 Å². The molecule has 91 heavy (non-hydrogen) atoms. The third-order valence-electron chi connectivity index (χ3n) is 16.8. The van der Waals surface area contributed by atoms with Gasteiger partial charge in [-0.1, -0.05) is 78.7 Å². The summed E-state index contributed by atoms with van der Waals surface area (Å²) in [6, 6.07) is 11.8. The zero-order chi connectivity index (χ0) is 67.6. The van der Waals surface area contributed by atoms with Crippen molar-refractivity contribution in [2.75, 3.05) is 76.8 Å². The van der Waals surface area contributed by atoms with E-state index in [1.54, 1.807) is 58.3 Å². The molecule has 3 aromatic carbocycles. The molecule has 6 amide bonds. The molecule has 2 aliphatic rings. The Hall–Kier alpha value is -7.13. The number of hydrogen-bond acceptors (Lipinski definition) is 16. The maximum atomic E-state index is 14.8. The van der Waals surface area contributed by atoms with E-state index in [4.69, 9.17) is 47.7 Å². The molecule has 504 valence electrons. The monoisotopic (exact) mass is 1300 g/mol. The molecule has 0 radical (unpaired) electrons. The number of carbonyl (C=O) groups is 6. The van der Waals surface area contributed by atoms with Crippen LogP contribution in [0.25, 0.3) is 0 Å². The number of nitrogens with one attached hydrogen (secondary N) is 4. The summed E-state index contributed by atoms with van der Waals surface area (Å²) in [7, 11) is -1.23. The molecule has 6 N–H and O–H groups in total. The van der Waals surface area contributed by atoms with Gasteiger partial charge in [-0.3, -0.25) is 29.8 Å². The van der Waals surface area contributed by atoms with E-state index in [2.05, 4.69) is 89.0 Å². The van der Waals surface area contributed by atoms with Crippen molar-refractivity contribution in [3.05, 3.63) is 88.8 Å². The number of carbonyl (C=O) groups excluding carboxylic acids is 6. The fraction of sp³-hybridized carbons (Fsp3) is 0.582. The number of ether oxygens (including phenoxy) is 7. The summed E-state index contributed by atoms with van der Waals surface area (Å²) in [5.74, 6) is 0.0785. The predicted octanol–water partition coefficient (Wildman–Crippen LogP) is 12.6. The molecule has 3 atom stereocenters. The van der Waals surface area contributed by atoms with Gasteiger partial charge in [0.15, 0.2) is 39.6 Å². The number of nitrogens with zero attached hydrogens (tertiary/aromatic N) is 2. The second-order valence-electron chi connectivity index (χ2n) is 27.1. The fourth-order valence-corrected chi connectivity index (χ4v) is 11.5. The van der Waals surface area contributed by atoms with Crippen LogP contribution >= 0.6 is 0 Å². The van der Waals surface area contributed by atoms with Gasteiger partial charge in [0.25, 0.3) is 11.8 Å². The molecule has 0 bridgehead atoms. The van der Waals surface area contributed by atoms with E-state index in [0.29, 0.717) is 86.0 Å². The molecule has 24 heteroatoms. The molecule has 0 saturated carbocycles. The molecular formula is C67H103N7O15Si2. The Morgan fingerprint density at radius 3 is 1.63 bits per heavy atom. The van der Waals surface area contributed by atoms with Crippen molar-refractivity contribution < 1.29 is 70.8 Å². The highest BCUT2D eigenvalue weighted by molar-refractivity contribution is 6.74. The number of anilines is 3. The quantitative estimate of drug-likeness (QED) is 0.0221. The van der Waals surface area contributed by atoms with Crippen LogP contribution < -0.4 is 45.9 Å². The van der Waals surface area contributed by atoms with Crippen molar-refractivity contribution in [1.82, 2.24) is 20.4 Å². The lowest BCUT2D eigenvalue weighted by Gasteiger charge is -2.38. The summed E-state index contributed by atoms with van der Waals surface area (Å²) >= 11 is 0. The Morgan fingerprint density at radius 2 is 1.12 bits per heavy atom. The number of benzene rings is 3. The van der Waals surface area contributed by atoms with E-state index in [-0.39, 0.29) is 120 Å². The van der Waals surface area contributed by atoms with Crippen molar-refractivity contribution in [3.63, 3.8) is 0 Å². The van der Waals surface area contributed by atoms with Crippen LogP contribution in [-0.2, 0) is 39.3 Å². The Morgan fingerprint density at radius 1 is 0.615 bits per heavy atom. The molecule has 0 aromatic heterocycles. The molecule has 22 nitrogen and oxygen atoms in total. The Balaban J connectivity index is 1.18. The molecule has 2 heterocycles. The van der Waals surface area contributed by atoms with Gasteiger partial charge < -0.3 is 68.2 Å². The first-order chi connectivity index (χ1) is 42.6. The topological polar surface area (TPSA) is 266 Å². The number of rotatable bonds is 32. The van der Waals surface area contributed by atoms with Gasteiger partial charge in [-0.15, -0.1) is 0 Å². The van der Waals surface area contributed by atoms with Crippen molar-refractivity contribution >= 4 is 69.5 Å². The van der Waals surface area contributed by atoms with Crippen LogP contribution in [0.1, 0.15) is 148 Å². The molecule has 0 aliphatic carbocycles. The first-order valence-corrected chi connectivity index (χ1v) is 37.3. The Bertz CT molecular complexity index is 3050. The maximum Gasteiger partial charge on any atom is 0.411 e. The molecule has 2 aliphatic heterocycles. The standard InChI is InChI=1S/C67H103N7O15Si2/c1-43(2)60(61(76)69-44(3)4)72-59(75)26-29-83-30-31-86-64(79)70-48-24-22-47(23-25-48)40-87-65(80)71-54-37-58(56(82-14)35-52(54)63(78)74-39-46(6)33-50(74)42-89-91(17,18)67(10,11)12)85-28-21-19-20-27-84-57-36-53(68)51(34-55(57)81-13)62(77)73-38-45(5)32-49(73)41-88-90(15,16)66(7,8)9/h22-25,34-39,43-44,49-50,60H,19-21,26-33,40-42,68H2,1-18H3,(H,69,76)(H,70,79)(H,71,80)(H,72,75)/t49-,50-,60-/m0/s1. The lowest BCUT2D eigenvalue weighted by atomic mass is 10.0. The van der Waals surface area contributed by atoms with E-state index in [9.17, 15) is 28.8 Å². The molecule has 0 saturated heterocycles. The first kappa shape index (κ1) is 74.6. The number of hydrogen-bond donors (Lipinski definition) is 5. The van der Waals surface area contributed by atoms with Gasteiger partial charge in [0, 0.05) is 48.4 Å². The third kappa shape index (κ3) is 22.0. The SMILES string of the molecule is COc1cc(C(=O)N2C=C(C)C[C@H]2CO[Si](C)(C)C(C)(C)C)c(N)cc1OCCCCCOc1cc(NC(=O)OCc2ccc(NC(=O)OCCOCCC(=O)N[C@H](C(=O)NC(C)C)C(C)C)cc2)c(C(=O)N2C=C(C)C[C@H]2CO[Si](C)(C)C(C)(C)C)cc1OC. The highest BCUT2D eigenvalue weighted by Gasteiger charge is 2.41. The van der Waals surface area contributed by atoms with E-state index in [1.165, 1.54) is 14.2 Å². The molecule has 5 rings (SSSR count). The zero-order valence-electron chi connectivity index (χ0n) is 57.2. The van der Waals surface area contributed by atoms with Crippen LogP contribution in [0.5, 0.6) is 23.0 Å². The highest BCUT2D eigenvalue weighted by atomic mass is 28.4. The summed E-state index contributed by atoms with van der Waals surface area (Å²) in [5.41, 5.74) is 10.5. The van der Waals surface area contributed by atoms with Crippen LogP contribution in [0.4, 0.5) is 26.7 Å². The Labute approximate surface area is 541 Å². The van der Waals surface area contributed by atoms with E-state index in [1.807, 2.05) is 53.9 Å². The third-order valence-corrected chi connectivity index (χ3v) is 25.8. The van der Waals surface area contributed by atoms with Gasteiger partial charge in [-0.05, 0) is 132 Å². The lowest BCUT2D eigenvalue weighted by molar-refractivity contribution is -0.130. The fourth-order valence-electron chi connectivity index (χ4n) is 9.42. The lowest BCUT2D eigenvalue weighted by Crippen LogP contribution is -2.51. The van der Waals surface area contributed by atoms with Crippen LogP contribution in [0.3, 0.4) is 0 Å². The number of nitrogens with two attached hydrogens (primary N) is 1. The summed E-state index contributed by atoms with van der Waals surface area (Å²) in [4.78, 5) is 83.4. The molecule has 0 fully saturated rings. The van der Waals surface area contributed by atoms with Crippen LogP contribution in [-0.4, -0.2) is 147 Å². The Kier molecular flexibility index (Phi) is 27.4. The summed E-state index contributed by atoms with van der Waals surface area (Å²) in [6.07, 6.45) is 5.44. The van der Waals surface area contributed by atoms with Crippen LogP contribution in [0, 0.1) is 5.92 Å². The van der Waals surface area contributed by atoms with E-state index < -0.39 is 34.9 Å². The van der Waals surface area contributed by atoms with Crippen LogP contribution in [0.2, 0.25) is 36.3 Å². The predicted molar refractivity (Wildman–Crippen MR) is 359 cm³/mol. The van der Waals surface area contributed by atoms with Gasteiger partial charge in [-0.2, -0.15) is 0 Å². The minimum absolute atomic E-state index is 0.0264. The first-order valence-electron chi connectivity index (χ1n) is 31.5. The molecule has 0 spiro atoms. The van der Waals surface area contributed by atoms with Crippen molar-refractivity contribution in [2.45, 2.75) is 189 Å². The molecular weight excluding hydrogens is 1200 g/mol. The van der Waals surface area contributed by atoms with Crippen molar-refractivity contribution in [2.24, 2.45) is 5.92 Å². The maximum absolute atomic E-state index is 14.8. The highest BCUT2D eigenvalue weighted by Crippen LogP contribution is 2.41. The number of methoxy groups -OCH3 is 2. The largest absolute Gasteiger partial charge is 0.493 e. The zero-order valence-corrected chi connectivity index (χ0v) is 59.2. The summed E-state index contributed by atoms with van der Waals surface area (Å²) in [5, 5.41) is 11.0. The van der Waals surface area contributed by atoms with E-state index >= 15 is 0 Å². The van der Waals surface area contributed by atoms with Gasteiger partial charge in [-0.25, -0.2) is 9.59 Å². The minimum atomic E-state index is -2.18. The summed E-state index contributed by atoms with van der Waals surface area (Å²) < 4.78 is 53.5. The smallest absolute Gasteiger partial charge is 0.411 e.